The van der Waals surface area contributed by atoms with E-state index in [1.165, 1.54) is 15.4 Å². The van der Waals surface area contributed by atoms with Gasteiger partial charge in [-0.25, -0.2) is 8.42 Å². The lowest BCUT2D eigenvalue weighted by Gasteiger charge is -2.27. The molecule has 2 aromatic carbocycles. The van der Waals surface area contributed by atoms with E-state index in [0.29, 0.717) is 5.69 Å². The van der Waals surface area contributed by atoms with Gasteiger partial charge in [-0.15, -0.1) is 0 Å². The minimum atomic E-state index is -3.61. The first-order valence-electron chi connectivity index (χ1n) is 9.45. The van der Waals surface area contributed by atoms with E-state index in [1.807, 2.05) is 65.0 Å². The molecular weight excluding hydrogens is 372 g/mol. The Morgan fingerprint density at radius 2 is 1.61 bits per heavy atom. The average molecular weight is 403 g/mol. The maximum absolute atomic E-state index is 12.8. The molecule has 0 fully saturated rings. The van der Waals surface area contributed by atoms with Crippen molar-refractivity contribution in [2.45, 2.75) is 47.1 Å². The monoisotopic (exact) mass is 402 g/mol. The summed E-state index contributed by atoms with van der Waals surface area (Å²) in [5.74, 6) is -0.321. The normalized spacial score (nSPS) is 12.5. The minimum absolute atomic E-state index is 0.161. The fourth-order valence-electron chi connectivity index (χ4n) is 3.33. The van der Waals surface area contributed by atoms with Gasteiger partial charge in [-0.2, -0.15) is 0 Å². The molecule has 0 aliphatic carbocycles. The van der Waals surface area contributed by atoms with Gasteiger partial charge in [-0.05, 0) is 61.9 Å². The molecule has 1 amide bonds. The molecule has 0 saturated heterocycles. The molecule has 28 heavy (non-hydrogen) atoms. The smallest absolute Gasteiger partial charge is 0.241 e. The fourth-order valence-corrected chi connectivity index (χ4v) is 4.31. The number of aryl methyl sites for hydroxylation is 4. The van der Waals surface area contributed by atoms with Crippen LogP contribution in [0.3, 0.4) is 0 Å². The van der Waals surface area contributed by atoms with Gasteiger partial charge in [0.1, 0.15) is 6.54 Å². The number of benzene rings is 2. The highest BCUT2D eigenvalue weighted by molar-refractivity contribution is 7.92. The van der Waals surface area contributed by atoms with Crippen LogP contribution in [0.5, 0.6) is 0 Å². The lowest BCUT2D eigenvalue weighted by atomic mass is 9.99. The summed E-state index contributed by atoms with van der Waals surface area (Å²) in [5.41, 5.74) is 5.59. The highest BCUT2D eigenvalue weighted by atomic mass is 32.2. The summed E-state index contributed by atoms with van der Waals surface area (Å²) in [6.45, 7) is 9.55. The van der Waals surface area contributed by atoms with E-state index < -0.39 is 10.0 Å². The van der Waals surface area contributed by atoms with Crippen LogP contribution in [0.1, 0.15) is 47.2 Å². The Morgan fingerprint density at radius 1 is 1.00 bits per heavy atom. The summed E-state index contributed by atoms with van der Waals surface area (Å²) in [6, 6.07) is 11.5. The average Bonchev–Trinajstić information content (AvgIpc) is 2.60. The summed E-state index contributed by atoms with van der Waals surface area (Å²) in [5, 5.41) is 3.00. The third kappa shape index (κ3) is 5.13. The second kappa shape index (κ2) is 8.78. The Morgan fingerprint density at radius 3 is 2.11 bits per heavy atom. The summed E-state index contributed by atoms with van der Waals surface area (Å²) >= 11 is 0. The van der Waals surface area contributed by atoms with Crippen molar-refractivity contribution in [3.63, 3.8) is 0 Å². The van der Waals surface area contributed by atoms with Crippen LogP contribution in [0, 0.1) is 27.7 Å². The molecule has 1 atom stereocenters. The molecule has 2 rings (SSSR count). The molecule has 6 heteroatoms. The van der Waals surface area contributed by atoms with Crippen LogP contribution in [0.4, 0.5) is 5.69 Å². The van der Waals surface area contributed by atoms with Crippen molar-refractivity contribution in [3.8, 4) is 0 Å². The number of sulfonamides is 1. The molecule has 0 bridgehead atoms. The topological polar surface area (TPSA) is 66.5 Å². The Balaban J connectivity index is 2.27. The van der Waals surface area contributed by atoms with Gasteiger partial charge in [-0.3, -0.25) is 9.10 Å². The number of carbonyl (C=O) groups excluding carboxylic acids is 1. The summed E-state index contributed by atoms with van der Waals surface area (Å²) in [7, 11) is -3.61. The summed E-state index contributed by atoms with van der Waals surface area (Å²) < 4.78 is 26.0. The molecule has 152 valence electrons. The Hall–Kier alpha value is -2.34. The van der Waals surface area contributed by atoms with Gasteiger partial charge >= 0.3 is 0 Å². The minimum Gasteiger partial charge on any atom is -0.348 e. The van der Waals surface area contributed by atoms with Crippen molar-refractivity contribution in [1.29, 1.82) is 0 Å². The number of amides is 1. The van der Waals surface area contributed by atoms with Crippen molar-refractivity contribution in [2.75, 3.05) is 17.1 Å². The lowest BCUT2D eigenvalue weighted by molar-refractivity contribution is -0.120. The predicted molar refractivity (Wildman–Crippen MR) is 115 cm³/mol. The van der Waals surface area contributed by atoms with Crippen LogP contribution in [0.25, 0.3) is 0 Å². The maximum atomic E-state index is 12.8. The van der Waals surface area contributed by atoms with Crippen molar-refractivity contribution in [3.05, 3.63) is 64.2 Å². The number of anilines is 1. The molecule has 2 aromatic rings. The van der Waals surface area contributed by atoms with Crippen LogP contribution >= 0.6 is 0 Å². The highest BCUT2D eigenvalue weighted by Crippen LogP contribution is 2.27. The van der Waals surface area contributed by atoms with Crippen molar-refractivity contribution >= 4 is 21.6 Å². The van der Waals surface area contributed by atoms with E-state index in [9.17, 15) is 13.2 Å². The van der Waals surface area contributed by atoms with Gasteiger partial charge in [0.15, 0.2) is 0 Å². The van der Waals surface area contributed by atoms with E-state index in [4.69, 9.17) is 0 Å². The van der Waals surface area contributed by atoms with Crippen LogP contribution in [0.15, 0.2) is 36.4 Å². The number of para-hydroxylation sites is 1. The van der Waals surface area contributed by atoms with Gasteiger partial charge in [0.2, 0.25) is 15.9 Å². The Kier molecular flexibility index (Phi) is 6.88. The van der Waals surface area contributed by atoms with Crippen molar-refractivity contribution in [1.82, 2.24) is 5.32 Å². The molecule has 0 radical (unpaired) electrons. The first kappa shape index (κ1) is 22.0. The van der Waals surface area contributed by atoms with Crippen LogP contribution in [0.2, 0.25) is 0 Å². The third-order valence-corrected chi connectivity index (χ3v) is 6.17. The number of hydrogen-bond donors (Lipinski definition) is 1. The second-order valence-corrected chi connectivity index (χ2v) is 9.29. The standard InChI is InChI=1S/C22H30N2O3S/c1-7-20(19-12-11-15(2)18(5)13-19)23-21(25)14-24(28(6,26)27)22-16(3)9-8-10-17(22)4/h8-13,20H,7,14H2,1-6H3,(H,23,25)/t20-/m0/s1. The van der Waals surface area contributed by atoms with E-state index in [1.54, 1.807) is 0 Å². The molecule has 0 saturated carbocycles. The third-order valence-electron chi connectivity index (χ3n) is 5.05. The quantitative estimate of drug-likeness (QED) is 0.762. The van der Waals surface area contributed by atoms with Gasteiger partial charge < -0.3 is 5.32 Å². The number of nitrogens with zero attached hydrogens (tertiary/aromatic N) is 1. The zero-order valence-corrected chi connectivity index (χ0v) is 18.4. The van der Waals surface area contributed by atoms with Gasteiger partial charge in [0.25, 0.3) is 0 Å². The van der Waals surface area contributed by atoms with E-state index in [2.05, 4.69) is 11.4 Å². The molecule has 0 aliphatic rings. The molecule has 1 N–H and O–H groups in total. The van der Waals surface area contributed by atoms with E-state index in [0.717, 1.165) is 29.4 Å². The second-order valence-electron chi connectivity index (χ2n) is 7.38. The molecular formula is C22H30N2O3S. The van der Waals surface area contributed by atoms with Gasteiger partial charge in [0.05, 0.1) is 18.0 Å². The Bertz CT molecular complexity index is 947. The summed E-state index contributed by atoms with van der Waals surface area (Å²) in [6.07, 6.45) is 1.85. The number of nitrogens with one attached hydrogen (secondary N) is 1. The molecule has 0 aliphatic heterocycles. The highest BCUT2D eigenvalue weighted by Gasteiger charge is 2.25. The zero-order valence-electron chi connectivity index (χ0n) is 17.5. The largest absolute Gasteiger partial charge is 0.348 e. The number of carbonyl (C=O) groups is 1. The van der Waals surface area contributed by atoms with Gasteiger partial charge in [0, 0.05) is 0 Å². The van der Waals surface area contributed by atoms with Crippen LogP contribution in [-0.4, -0.2) is 27.1 Å². The molecule has 5 nitrogen and oxygen atoms in total. The van der Waals surface area contributed by atoms with Crippen LogP contribution < -0.4 is 9.62 Å². The van der Waals surface area contributed by atoms with E-state index in [-0.39, 0.29) is 18.5 Å². The number of hydrogen-bond acceptors (Lipinski definition) is 3. The molecule has 0 unspecified atom stereocenters. The van der Waals surface area contributed by atoms with E-state index >= 15 is 0 Å². The Labute approximate surface area is 168 Å². The molecule has 0 spiro atoms. The molecule has 0 aromatic heterocycles. The first-order valence-corrected chi connectivity index (χ1v) is 11.3. The SMILES string of the molecule is CC[C@H](NC(=O)CN(c1c(C)cccc1C)S(C)(=O)=O)c1ccc(C)c(C)c1. The summed E-state index contributed by atoms with van der Waals surface area (Å²) in [4.78, 5) is 12.8. The lowest BCUT2D eigenvalue weighted by Crippen LogP contribution is -2.42. The van der Waals surface area contributed by atoms with Crippen molar-refractivity contribution in [2.24, 2.45) is 0 Å². The van der Waals surface area contributed by atoms with Crippen LogP contribution in [-0.2, 0) is 14.8 Å². The predicted octanol–water partition coefficient (Wildman–Crippen LogP) is 3.95. The van der Waals surface area contributed by atoms with Gasteiger partial charge in [-0.1, -0.05) is 43.3 Å². The number of rotatable bonds is 7. The molecule has 0 heterocycles. The van der Waals surface area contributed by atoms with Crippen molar-refractivity contribution < 1.29 is 13.2 Å². The first-order chi connectivity index (χ1) is 13.0. The zero-order chi connectivity index (χ0) is 21.1. The maximum Gasteiger partial charge on any atom is 0.241 e. The fraction of sp³-hybridized carbons (Fsp3) is 0.409.